The Kier molecular flexibility index (Phi) is 5.90. The van der Waals surface area contributed by atoms with Crippen LogP contribution in [0.4, 0.5) is 0 Å². The lowest BCUT2D eigenvalue weighted by Gasteiger charge is -2.26. The molecule has 1 aliphatic rings. The molecule has 1 fully saturated rings. The van der Waals surface area contributed by atoms with Gasteiger partial charge in [-0.25, -0.2) is 0 Å². The molecule has 0 aromatic carbocycles. The summed E-state index contributed by atoms with van der Waals surface area (Å²) in [6.07, 6.45) is 5.00. The molecule has 4 nitrogen and oxygen atoms in total. The lowest BCUT2D eigenvalue weighted by Crippen LogP contribution is -2.35. The zero-order valence-corrected chi connectivity index (χ0v) is 10.0. The van der Waals surface area contributed by atoms with E-state index in [1.165, 1.54) is 0 Å². The first kappa shape index (κ1) is 13.0. The molecule has 1 amide bonds. The summed E-state index contributed by atoms with van der Waals surface area (Å²) in [6, 6.07) is 0. The first-order valence-corrected chi connectivity index (χ1v) is 6.17. The van der Waals surface area contributed by atoms with Crippen LogP contribution in [0.5, 0.6) is 0 Å². The molecule has 4 heteroatoms. The van der Waals surface area contributed by atoms with Crippen LogP contribution in [0, 0.1) is 0 Å². The molecule has 0 spiro atoms. The van der Waals surface area contributed by atoms with Crippen LogP contribution in [0.3, 0.4) is 0 Å². The molecular formula is C12H21NO3. The van der Waals surface area contributed by atoms with Gasteiger partial charge in [0.25, 0.3) is 0 Å². The number of rotatable bonds is 6. The smallest absolute Gasteiger partial charge is 0.305 e. The normalized spacial score (nSPS) is 16.3. The summed E-state index contributed by atoms with van der Waals surface area (Å²) < 4.78 is 4.84. The SMILES string of the molecule is CCOC(=O)CCCCN1CCCCC1=O. The van der Waals surface area contributed by atoms with Crippen molar-refractivity contribution in [3.8, 4) is 0 Å². The number of likely N-dealkylation sites (tertiary alicyclic amines) is 1. The Morgan fingerprint density at radius 3 is 2.88 bits per heavy atom. The van der Waals surface area contributed by atoms with Gasteiger partial charge in [-0.05, 0) is 32.6 Å². The Morgan fingerprint density at radius 2 is 2.19 bits per heavy atom. The molecule has 0 aromatic heterocycles. The molecule has 0 aliphatic carbocycles. The highest BCUT2D eigenvalue weighted by Crippen LogP contribution is 2.11. The van der Waals surface area contributed by atoms with Crippen molar-refractivity contribution in [1.29, 1.82) is 0 Å². The van der Waals surface area contributed by atoms with E-state index in [4.69, 9.17) is 4.74 Å². The average Bonchev–Trinajstić information content (AvgIpc) is 2.27. The topological polar surface area (TPSA) is 46.6 Å². The molecule has 0 bridgehead atoms. The van der Waals surface area contributed by atoms with Crippen molar-refractivity contribution in [1.82, 2.24) is 4.90 Å². The van der Waals surface area contributed by atoms with E-state index in [-0.39, 0.29) is 11.9 Å². The van der Waals surface area contributed by atoms with E-state index in [0.29, 0.717) is 19.4 Å². The summed E-state index contributed by atoms with van der Waals surface area (Å²) in [6.45, 7) is 3.93. The van der Waals surface area contributed by atoms with E-state index in [1.807, 2.05) is 11.8 Å². The van der Waals surface area contributed by atoms with E-state index in [0.717, 1.165) is 38.8 Å². The number of nitrogens with zero attached hydrogens (tertiary/aromatic N) is 1. The second-order valence-electron chi connectivity index (χ2n) is 4.10. The van der Waals surface area contributed by atoms with Gasteiger partial charge in [0.2, 0.25) is 5.91 Å². The molecule has 1 aliphatic heterocycles. The van der Waals surface area contributed by atoms with Crippen LogP contribution in [0.25, 0.3) is 0 Å². The first-order chi connectivity index (χ1) is 7.74. The summed E-state index contributed by atoms with van der Waals surface area (Å²) >= 11 is 0. The van der Waals surface area contributed by atoms with E-state index >= 15 is 0 Å². The van der Waals surface area contributed by atoms with E-state index in [1.54, 1.807) is 0 Å². The Labute approximate surface area is 96.9 Å². The first-order valence-electron chi connectivity index (χ1n) is 6.17. The van der Waals surface area contributed by atoms with Crippen molar-refractivity contribution < 1.29 is 14.3 Å². The van der Waals surface area contributed by atoms with Crippen LogP contribution in [0.2, 0.25) is 0 Å². The van der Waals surface area contributed by atoms with Crippen molar-refractivity contribution >= 4 is 11.9 Å². The second kappa shape index (κ2) is 7.25. The van der Waals surface area contributed by atoms with Gasteiger partial charge in [-0.2, -0.15) is 0 Å². The molecule has 16 heavy (non-hydrogen) atoms. The Bertz CT molecular complexity index is 240. The fraction of sp³-hybridized carbons (Fsp3) is 0.833. The van der Waals surface area contributed by atoms with Crippen LogP contribution in [-0.2, 0) is 14.3 Å². The number of ether oxygens (including phenoxy) is 1. The van der Waals surface area contributed by atoms with Crippen LogP contribution in [0.1, 0.15) is 45.4 Å². The summed E-state index contributed by atoms with van der Waals surface area (Å²) in [5.41, 5.74) is 0. The number of unbranched alkanes of at least 4 members (excludes halogenated alkanes) is 1. The summed E-state index contributed by atoms with van der Waals surface area (Å²) in [7, 11) is 0. The fourth-order valence-corrected chi connectivity index (χ4v) is 1.90. The molecule has 0 unspecified atom stereocenters. The van der Waals surface area contributed by atoms with E-state index in [9.17, 15) is 9.59 Å². The fourth-order valence-electron chi connectivity index (χ4n) is 1.90. The average molecular weight is 227 g/mol. The number of esters is 1. The monoisotopic (exact) mass is 227 g/mol. The van der Waals surface area contributed by atoms with Crippen molar-refractivity contribution in [2.45, 2.75) is 45.4 Å². The van der Waals surface area contributed by atoms with Crippen molar-refractivity contribution in [2.75, 3.05) is 19.7 Å². The molecular weight excluding hydrogens is 206 g/mol. The van der Waals surface area contributed by atoms with Gasteiger partial charge in [0, 0.05) is 25.9 Å². The maximum atomic E-state index is 11.5. The molecule has 1 saturated heterocycles. The molecule has 0 saturated carbocycles. The highest BCUT2D eigenvalue weighted by molar-refractivity contribution is 5.76. The minimum Gasteiger partial charge on any atom is -0.466 e. The molecule has 0 atom stereocenters. The molecule has 1 heterocycles. The third kappa shape index (κ3) is 4.64. The predicted molar refractivity (Wildman–Crippen MR) is 60.9 cm³/mol. The number of carbonyl (C=O) groups is 2. The van der Waals surface area contributed by atoms with Crippen molar-refractivity contribution in [2.24, 2.45) is 0 Å². The van der Waals surface area contributed by atoms with Gasteiger partial charge in [0.15, 0.2) is 0 Å². The largest absolute Gasteiger partial charge is 0.466 e. The van der Waals surface area contributed by atoms with E-state index in [2.05, 4.69) is 0 Å². The highest BCUT2D eigenvalue weighted by atomic mass is 16.5. The van der Waals surface area contributed by atoms with Crippen LogP contribution < -0.4 is 0 Å². The quantitative estimate of drug-likeness (QED) is 0.513. The predicted octanol–water partition coefficient (Wildman–Crippen LogP) is 1.73. The number of hydrogen-bond acceptors (Lipinski definition) is 3. The highest BCUT2D eigenvalue weighted by Gasteiger charge is 2.16. The Morgan fingerprint density at radius 1 is 1.38 bits per heavy atom. The summed E-state index contributed by atoms with van der Waals surface area (Å²) in [5, 5.41) is 0. The lowest BCUT2D eigenvalue weighted by atomic mass is 10.1. The summed E-state index contributed by atoms with van der Waals surface area (Å²) in [4.78, 5) is 24.4. The van der Waals surface area contributed by atoms with Gasteiger partial charge < -0.3 is 9.64 Å². The maximum absolute atomic E-state index is 11.5. The maximum Gasteiger partial charge on any atom is 0.305 e. The number of carbonyl (C=O) groups excluding carboxylic acids is 2. The van der Waals surface area contributed by atoms with Crippen LogP contribution in [-0.4, -0.2) is 36.5 Å². The minimum absolute atomic E-state index is 0.132. The molecule has 0 N–H and O–H groups in total. The molecule has 92 valence electrons. The van der Waals surface area contributed by atoms with Gasteiger partial charge in [-0.15, -0.1) is 0 Å². The van der Waals surface area contributed by atoms with E-state index < -0.39 is 0 Å². The molecule has 1 rings (SSSR count). The number of piperidine rings is 1. The standard InChI is InChI=1S/C12H21NO3/c1-2-16-12(15)8-4-6-10-13-9-5-3-7-11(13)14/h2-10H2,1H3. The van der Waals surface area contributed by atoms with Gasteiger partial charge in [-0.1, -0.05) is 0 Å². The lowest BCUT2D eigenvalue weighted by molar-refractivity contribution is -0.143. The molecule has 0 aromatic rings. The van der Waals surface area contributed by atoms with Gasteiger partial charge in [0.05, 0.1) is 6.61 Å². The third-order valence-corrected chi connectivity index (χ3v) is 2.79. The summed E-state index contributed by atoms with van der Waals surface area (Å²) in [5.74, 6) is 0.134. The third-order valence-electron chi connectivity index (χ3n) is 2.79. The number of amides is 1. The zero-order chi connectivity index (χ0) is 11.8. The second-order valence-corrected chi connectivity index (χ2v) is 4.10. The Hall–Kier alpha value is -1.06. The minimum atomic E-state index is -0.132. The van der Waals surface area contributed by atoms with Crippen molar-refractivity contribution in [3.63, 3.8) is 0 Å². The Balaban J connectivity index is 2.06. The van der Waals surface area contributed by atoms with Crippen LogP contribution in [0.15, 0.2) is 0 Å². The van der Waals surface area contributed by atoms with Gasteiger partial charge in [-0.3, -0.25) is 9.59 Å². The van der Waals surface area contributed by atoms with Gasteiger partial charge in [0.1, 0.15) is 0 Å². The van der Waals surface area contributed by atoms with Crippen LogP contribution >= 0.6 is 0 Å². The van der Waals surface area contributed by atoms with Crippen molar-refractivity contribution in [3.05, 3.63) is 0 Å². The van der Waals surface area contributed by atoms with Gasteiger partial charge >= 0.3 is 5.97 Å². The molecule has 0 radical (unpaired) electrons. The zero-order valence-electron chi connectivity index (χ0n) is 10.0. The number of hydrogen-bond donors (Lipinski definition) is 0.